The summed E-state index contributed by atoms with van der Waals surface area (Å²) < 4.78 is 0. The predicted octanol–water partition coefficient (Wildman–Crippen LogP) is 1.35. The van der Waals surface area contributed by atoms with Crippen molar-refractivity contribution in [2.45, 2.75) is 20.8 Å². The van der Waals surface area contributed by atoms with Crippen molar-refractivity contribution in [1.29, 1.82) is 5.26 Å². The molecular formula is C7H14N2. The van der Waals surface area contributed by atoms with Gasteiger partial charge in [0.1, 0.15) is 0 Å². The van der Waals surface area contributed by atoms with Gasteiger partial charge in [0.25, 0.3) is 0 Å². The molecule has 0 saturated heterocycles. The predicted molar refractivity (Wildman–Crippen MR) is 37.6 cm³/mol. The number of hydrogen-bond donors (Lipinski definition) is 1. The summed E-state index contributed by atoms with van der Waals surface area (Å²) in [4.78, 5) is 0. The average Bonchev–Trinajstić information content (AvgIpc) is 1.82. The highest BCUT2D eigenvalue weighted by molar-refractivity contribution is 4.69. The van der Waals surface area contributed by atoms with E-state index in [-0.39, 0.29) is 0 Å². The van der Waals surface area contributed by atoms with E-state index >= 15 is 0 Å². The van der Waals surface area contributed by atoms with E-state index in [0.29, 0.717) is 11.8 Å². The highest BCUT2D eigenvalue weighted by Gasteiger charge is 2.04. The van der Waals surface area contributed by atoms with E-state index in [9.17, 15) is 0 Å². The van der Waals surface area contributed by atoms with Gasteiger partial charge in [-0.15, -0.1) is 0 Å². The van der Waals surface area contributed by atoms with E-state index in [1.165, 1.54) is 0 Å². The first-order chi connectivity index (χ1) is 4.18. The minimum atomic E-state index is 0.588. The molecule has 0 spiro atoms. The first-order valence-electron chi connectivity index (χ1n) is 3.30. The summed E-state index contributed by atoms with van der Waals surface area (Å²) in [6.07, 6.45) is 1.90. The Morgan fingerprint density at radius 3 is 2.33 bits per heavy atom. The minimum absolute atomic E-state index is 0.588. The van der Waals surface area contributed by atoms with Crippen LogP contribution in [0.25, 0.3) is 0 Å². The molecule has 2 nitrogen and oxygen atoms in total. The van der Waals surface area contributed by atoms with Crippen LogP contribution in [-0.2, 0) is 0 Å². The fraction of sp³-hybridized carbons (Fsp3) is 0.857. The van der Waals surface area contributed by atoms with Crippen molar-refractivity contribution in [3.8, 4) is 6.19 Å². The van der Waals surface area contributed by atoms with Crippen molar-refractivity contribution in [3.63, 3.8) is 0 Å². The molecule has 0 amide bonds. The molecule has 0 rings (SSSR count). The zero-order chi connectivity index (χ0) is 7.28. The Kier molecular flexibility index (Phi) is 3.87. The molecular weight excluding hydrogens is 112 g/mol. The van der Waals surface area contributed by atoms with Crippen molar-refractivity contribution in [2.24, 2.45) is 11.8 Å². The Morgan fingerprint density at radius 2 is 2.00 bits per heavy atom. The second-order valence-electron chi connectivity index (χ2n) is 2.71. The van der Waals surface area contributed by atoms with Gasteiger partial charge >= 0.3 is 0 Å². The number of rotatable bonds is 3. The largest absolute Gasteiger partial charge is 0.324 e. The summed E-state index contributed by atoms with van der Waals surface area (Å²) in [5.41, 5.74) is 0. The van der Waals surface area contributed by atoms with Gasteiger partial charge < -0.3 is 5.32 Å². The molecule has 52 valence electrons. The smallest absolute Gasteiger partial charge is 0.176 e. The normalized spacial score (nSPS) is 12.8. The van der Waals surface area contributed by atoms with Crippen molar-refractivity contribution in [3.05, 3.63) is 0 Å². The van der Waals surface area contributed by atoms with Crippen molar-refractivity contribution >= 4 is 0 Å². The summed E-state index contributed by atoms with van der Waals surface area (Å²) in [5, 5.41) is 10.8. The van der Waals surface area contributed by atoms with E-state index in [0.717, 1.165) is 6.54 Å². The molecule has 0 fully saturated rings. The third-order valence-electron chi connectivity index (χ3n) is 1.64. The van der Waals surface area contributed by atoms with Crippen molar-refractivity contribution < 1.29 is 0 Å². The van der Waals surface area contributed by atoms with E-state index in [2.05, 4.69) is 26.1 Å². The van der Waals surface area contributed by atoms with E-state index < -0.39 is 0 Å². The van der Waals surface area contributed by atoms with Gasteiger partial charge in [0.15, 0.2) is 6.19 Å². The monoisotopic (exact) mass is 126 g/mol. The second-order valence-corrected chi connectivity index (χ2v) is 2.71. The van der Waals surface area contributed by atoms with Crippen LogP contribution in [0.1, 0.15) is 20.8 Å². The molecule has 0 bridgehead atoms. The van der Waals surface area contributed by atoms with Gasteiger partial charge in [-0.25, -0.2) is 0 Å². The van der Waals surface area contributed by atoms with Crippen LogP contribution < -0.4 is 5.32 Å². The minimum Gasteiger partial charge on any atom is -0.324 e. The lowest BCUT2D eigenvalue weighted by Gasteiger charge is -2.12. The van der Waals surface area contributed by atoms with Crippen LogP contribution in [0.2, 0.25) is 0 Å². The zero-order valence-electron chi connectivity index (χ0n) is 6.31. The standard InChI is InChI=1S/C7H14N2/c1-6(2)7(3)4-9-5-8/h6-7,9H,4H2,1-3H3. The average molecular weight is 126 g/mol. The highest BCUT2D eigenvalue weighted by Crippen LogP contribution is 2.06. The van der Waals surface area contributed by atoms with Gasteiger partial charge in [0.05, 0.1) is 0 Å². The van der Waals surface area contributed by atoms with Gasteiger partial charge in [-0.2, -0.15) is 5.26 Å². The fourth-order valence-electron chi connectivity index (χ4n) is 0.442. The number of hydrogen-bond acceptors (Lipinski definition) is 2. The maximum atomic E-state index is 8.14. The van der Waals surface area contributed by atoms with Crippen LogP contribution in [-0.4, -0.2) is 6.54 Å². The van der Waals surface area contributed by atoms with Gasteiger partial charge in [-0.1, -0.05) is 20.8 Å². The molecule has 0 aliphatic heterocycles. The second kappa shape index (κ2) is 4.20. The molecule has 2 heteroatoms. The molecule has 9 heavy (non-hydrogen) atoms. The van der Waals surface area contributed by atoms with Crippen LogP contribution in [0, 0.1) is 23.3 Å². The molecule has 1 atom stereocenters. The molecule has 0 aliphatic carbocycles. The van der Waals surface area contributed by atoms with Crippen LogP contribution >= 0.6 is 0 Å². The molecule has 1 unspecified atom stereocenters. The summed E-state index contributed by atoms with van der Waals surface area (Å²) in [5.74, 6) is 1.25. The van der Waals surface area contributed by atoms with Gasteiger partial charge in [-0.3, -0.25) is 0 Å². The quantitative estimate of drug-likeness (QED) is 0.457. The van der Waals surface area contributed by atoms with Gasteiger partial charge in [0.2, 0.25) is 0 Å². The topological polar surface area (TPSA) is 35.8 Å². The SMILES string of the molecule is CC(C)C(C)CNC#N. The molecule has 1 N–H and O–H groups in total. The molecule has 0 aromatic rings. The first-order valence-corrected chi connectivity index (χ1v) is 3.30. The number of nitriles is 1. The third-order valence-corrected chi connectivity index (χ3v) is 1.64. The molecule has 0 radical (unpaired) electrons. The Balaban J connectivity index is 3.29. The maximum Gasteiger partial charge on any atom is 0.176 e. The van der Waals surface area contributed by atoms with Crippen molar-refractivity contribution in [2.75, 3.05) is 6.54 Å². The summed E-state index contributed by atoms with van der Waals surface area (Å²) in [6.45, 7) is 7.25. The summed E-state index contributed by atoms with van der Waals surface area (Å²) in [7, 11) is 0. The number of nitrogens with zero attached hydrogens (tertiary/aromatic N) is 1. The summed E-state index contributed by atoms with van der Waals surface area (Å²) in [6, 6.07) is 0. The Morgan fingerprint density at radius 1 is 1.44 bits per heavy atom. The van der Waals surface area contributed by atoms with E-state index in [4.69, 9.17) is 5.26 Å². The Bertz CT molecular complexity index is 102. The van der Waals surface area contributed by atoms with E-state index in [1.807, 2.05) is 6.19 Å². The van der Waals surface area contributed by atoms with Crippen LogP contribution in [0.15, 0.2) is 0 Å². The van der Waals surface area contributed by atoms with Crippen LogP contribution in [0.3, 0.4) is 0 Å². The molecule has 0 saturated carbocycles. The van der Waals surface area contributed by atoms with Gasteiger partial charge in [0, 0.05) is 6.54 Å². The zero-order valence-corrected chi connectivity index (χ0v) is 6.31. The van der Waals surface area contributed by atoms with E-state index in [1.54, 1.807) is 0 Å². The Hall–Kier alpha value is -0.710. The van der Waals surface area contributed by atoms with Crippen LogP contribution in [0.5, 0.6) is 0 Å². The van der Waals surface area contributed by atoms with Gasteiger partial charge in [-0.05, 0) is 11.8 Å². The molecule has 0 aliphatic rings. The Labute approximate surface area is 56.9 Å². The lowest BCUT2D eigenvalue weighted by molar-refractivity contribution is 0.412. The highest BCUT2D eigenvalue weighted by atomic mass is 14.8. The molecule has 0 aromatic heterocycles. The fourth-order valence-corrected chi connectivity index (χ4v) is 0.442. The van der Waals surface area contributed by atoms with Crippen molar-refractivity contribution in [1.82, 2.24) is 5.32 Å². The van der Waals surface area contributed by atoms with Crippen LogP contribution in [0.4, 0.5) is 0 Å². The lowest BCUT2D eigenvalue weighted by Crippen LogP contribution is -2.19. The maximum absolute atomic E-state index is 8.14. The lowest BCUT2D eigenvalue weighted by atomic mass is 9.98. The molecule has 0 heterocycles. The first kappa shape index (κ1) is 8.29. The molecule has 0 aromatic carbocycles. The third kappa shape index (κ3) is 3.84. The number of nitrogens with one attached hydrogen (secondary N) is 1. The summed E-state index contributed by atoms with van der Waals surface area (Å²) >= 11 is 0.